The van der Waals surface area contributed by atoms with Crippen LogP contribution in [0.3, 0.4) is 0 Å². The Hall–Kier alpha value is -2.55. The predicted molar refractivity (Wildman–Crippen MR) is 71.5 cm³/mol. The zero-order valence-corrected chi connectivity index (χ0v) is 11.2. The molecule has 0 aromatic carbocycles. The fourth-order valence-corrected chi connectivity index (χ4v) is 2.35. The molecule has 0 bridgehead atoms. The summed E-state index contributed by atoms with van der Waals surface area (Å²) in [4.78, 5) is 7.88. The Morgan fingerprint density at radius 2 is 1.95 bits per heavy atom. The van der Waals surface area contributed by atoms with Crippen LogP contribution in [0.4, 0.5) is 5.95 Å². The standard InChI is InChI=1S/C11H10N6O2S/c1-20(18,19)9-3-2-7(6-14-9)10-16-15-8-4-5-13-11(12)17(8)10/h2-6H,1H3,(H2,12,13). The van der Waals surface area contributed by atoms with E-state index in [0.29, 0.717) is 17.0 Å². The molecule has 0 saturated heterocycles. The highest BCUT2D eigenvalue weighted by molar-refractivity contribution is 7.90. The molecule has 0 aliphatic heterocycles. The monoisotopic (exact) mass is 290 g/mol. The summed E-state index contributed by atoms with van der Waals surface area (Å²) < 4.78 is 24.3. The van der Waals surface area contributed by atoms with Crippen LogP contribution >= 0.6 is 0 Å². The van der Waals surface area contributed by atoms with Gasteiger partial charge in [0.05, 0.1) is 0 Å². The first-order chi connectivity index (χ1) is 9.47. The minimum absolute atomic E-state index is 0.00108. The van der Waals surface area contributed by atoms with Crippen molar-refractivity contribution >= 4 is 21.4 Å². The molecule has 0 saturated carbocycles. The van der Waals surface area contributed by atoms with E-state index in [1.807, 2.05) is 0 Å². The topological polar surface area (TPSA) is 116 Å². The summed E-state index contributed by atoms with van der Waals surface area (Å²) in [6.45, 7) is 0. The van der Waals surface area contributed by atoms with Gasteiger partial charge in [-0.1, -0.05) is 0 Å². The van der Waals surface area contributed by atoms with Gasteiger partial charge in [-0.05, 0) is 12.1 Å². The van der Waals surface area contributed by atoms with Crippen molar-refractivity contribution in [2.24, 2.45) is 0 Å². The second-order valence-corrected chi connectivity index (χ2v) is 6.14. The van der Waals surface area contributed by atoms with E-state index in [2.05, 4.69) is 20.2 Å². The average Bonchev–Trinajstić information content (AvgIpc) is 2.83. The summed E-state index contributed by atoms with van der Waals surface area (Å²) in [5.41, 5.74) is 6.95. The Bertz CT molecular complexity index is 885. The third-order valence-electron chi connectivity index (χ3n) is 2.72. The van der Waals surface area contributed by atoms with Crippen molar-refractivity contribution < 1.29 is 8.42 Å². The van der Waals surface area contributed by atoms with Crippen LogP contribution in [-0.4, -0.2) is 39.2 Å². The van der Waals surface area contributed by atoms with E-state index in [4.69, 9.17) is 5.73 Å². The summed E-state index contributed by atoms with van der Waals surface area (Å²) >= 11 is 0. The number of nitrogens with two attached hydrogens (primary N) is 1. The second-order valence-electron chi connectivity index (χ2n) is 4.18. The number of hydrogen-bond acceptors (Lipinski definition) is 7. The van der Waals surface area contributed by atoms with Crippen LogP contribution in [0.1, 0.15) is 0 Å². The zero-order valence-electron chi connectivity index (χ0n) is 10.4. The minimum Gasteiger partial charge on any atom is -0.369 e. The molecule has 2 N–H and O–H groups in total. The first-order valence-electron chi connectivity index (χ1n) is 5.59. The Morgan fingerprint density at radius 1 is 1.15 bits per heavy atom. The molecule has 0 spiro atoms. The highest BCUT2D eigenvalue weighted by Crippen LogP contribution is 2.20. The lowest BCUT2D eigenvalue weighted by Crippen LogP contribution is -2.03. The van der Waals surface area contributed by atoms with Crippen LogP contribution < -0.4 is 5.73 Å². The van der Waals surface area contributed by atoms with Gasteiger partial charge in [0, 0.05) is 30.3 Å². The molecule has 3 heterocycles. The van der Waals surface area contributed by atoms with E-state index in [1.165, 1.54) is 18.5 Å². The molecule has 0 radical (unpaired) electrons. The molecule has 0 amide bonds. The van der Waals surface area contributed by atoms with Crippen molar-refractivity contribution in [2.75, 3.05) is 12.0 Å². The van der Waals surface area contributed by atoms with Gasteiger partial charge in [-0.15, -0.1) is 10.2 Å². The van der Waals surface area contributed by atoms with Gasteiger partial charge in [-0.2, -0.15) is 0 Å². The molecule has 0 fully saturated rings. The Morgan fingerprint density at radius 3 is 2.60 bits per heavy atom. The van der Waals surface area contributed by atoms with Gasteiger partial charge in [0.25, 0.3) is 0 Å². The van der Waals surface area contributed by atoms with Gasteiger partial charge in [-0.25, -0.2) is 22.8 Å². The van der Waals surface area contributed by atoms with Crippen LogP contribution in [0.2, 0.25) is 0 Å². The number of aromatic nitrogens is 5. The van der Waals surface area contributed by atoms with E-state index >= 15 is 0 Å². The molecule has 20 heavy (non-hydrogen) atoms. The van der Waals surface area contributed by atoms with Crippen molar-refractivity contribution in [2.45, 2.75) is 5.03 Å². The summed E-state index contributed by atoms with van der Waals surface area (Å²) in [7, 11) is -3.33. The van der Waals surface area contributed by atoms with Gasteiger partial charge < -0.3 is 5.73 Å². The summed E-state index contributed by atoms with van der Waals surface area (Å²) in [6.07, 6.45) is 4.05. The molecule has 0 aliphatic carbocycles. The number of hydrogen-bond donors (Lipinski definition) is 1. The fraction of sp³-hybridized carbons (Fsp3) is 0.0909. The van der Waals surface area contributed by atoms with Crippen LogP contribution in [0.5, 0.6) is 0 Å². The van der Waals surface area contributed by atoms with Gasteiger partial charge in [0.2, 0.25) is 5.95 Å². The lowest BCUT2D eigenvalue weighted by molar-refractivity contribution is 0.598. The number of sulfone groups is 1. The minimum atomic E-state index is -3.33. The van der Waals surface area contributed by atoms with Gasteiger partial charge in [0.15, 0.2) is 26.3 Å². The number of pyridine rings is 1. The van der Waals surface area contributed by atoms with Crippen LogP contribution in [0, 0.1) is 0 Å². The maximum Gasteiger partial charge on any atom is 0.207 e. The largest absolute Gasteiger partial charge is 0.369 e. The Kier molecular flexibility index (Phi) is 2.64. The van der Waals surface area contributed by atoms with Gasteiger partial charge >= 0.3 is 0 Å². The predicted octanol–water partition coefficient (Wildman–Crippen LogP) is 0.172. The molecule has 8 nitrogen and oxygen atoms in total. The van der Waals surface area contributed by atoms with E-state index in [9.17, 15) is 8.42 Å². The van der Waals surface area contributed by atoms with Crippen molar-refractivity contribution in [1.29, 1.82) is 0 Å². The molecule has 3 aromatic heterocycles. The number of rotatable bonds is 2. The maximum absolute atomic E-state index is 11.4. The lowest BCUT2D eigenvalue weighted by atomic mass is 10.3. The molecule has 0 atom stereocenters. The normalized spacial score (nSPS) is 11.8. The van der Waals surface area contributed by atoms with Crippen molar-refractivity contribution in [3.8, 4) is 11.4 Å². The first-order valence-corrected chi connectivity index (χ1v) is 7.48. The average molecular weight is 290 g/mol. The molecule has 3 aromatic rings. The third-order valence-corrected chi connectivity index (χ3v) is 3.72. The molecule has 0 aliphatic rings. The second kappa shape index (κ2) is 4.23. The molecular weight excluding hydrogens is 280 g/mol. The Labute approximate surface area is 114 Å². The smallest absolute Gasteiger partial charge is 0.207 e. The zero-order chi connectivity index (χ0) is 14.3. The molecule has 3 rings (SSSR count). The number of nitrogen functional groups attached to an aromatic ring is 1. The first kappa shape index (κ1) is 12.5. The Balaban J connectivity index is 2.17. The lowest BCUT2D eigenvalue weighted by Gasteiger charge is -2.03. The summed E-state index contributed by atoms with van der Waals surface area (Å²) in [6, 6.07) is 4.69. The van der Waals surface area contributed by atoms with Crippen molar-refractivity contribution in [3.63, 3.8) is 0 Å². The molecule has 102 valence electrons. The summed E-state index contributed by atoms with van der Waals surface area (Å²) in [5.74, 6) is 0.702. The molecule has 0 unspecified atom stereocenters. The third kappa shape index (κ3) is 1.97. The summed E-state index contributed by atoms with van der Waals surface area (Å²) in [5, 5.41) is 8.00. The number of fused-ring (bicyclic) bond motifs is 1. The SMILES string of the molecule is CS(=O)(=O)c1ccc(-c2nnc3ccnc(N)n23)cn1. The quantitative estimate of drug-likeness (QED) is 0.715. The van der Waals surface area contributed by atoms with E-state index < -0.39 is 9.84 Å². The molecular formula is C11H10N6O2S. The van der Waals surface area contributed by atoms with Crippen LogP contribution in [0.15, 0.2) is 35.6 Å². The van der Waals surface area contributed by atoms with E-state index in [-0.39, 0.29) is 11.0 Å². The van der Waals surface area contributed by atoms with E-state index in [0.717, 1.165) is 6.26 Å². The van der Waals surface area contributed by atoms with Gasteiger partial charge in [-0.3, -0.25) is 0 Å². The number of anilines is 1. The highest BCUT2D eigenvalue weighted by atomic mass is 32.2. The van der Waals surface area contributed by atoms with Crippen LogP contribution in [-0.2, 0) is 9.84 Å². The van der Waals surface area contributed by atoms with Gasteiger partial charge in [0.1, 0.15) is 0 Å². The molecule has 9 heteroatoms. The maximum atomic E-state index is 11.4. The highest BCUT2D eigenvalue weighted by Gasteiger charge is 2.13. The fourth-order valence-electron chi connectivity index (χ4n) is 1.79. The van der Waals surface area contributed by atoms with Crippen molar-refractivity contribution in [3.05, 3.63) is 30.6 Å². The van der Waals surface area contributed by atoms with Crippen LogP contribution in [0.25, 0.3) is 17.0 Å². The van der Waals surface area contributed by atoms with E-state index in [1.54, 1.807) is 16.5 Å². The van der Waals surface area contributed by atoms with Crippen molar-refractivity contribution in [1.82, 2.24) is 24.6 Å². The number of nitrogens with zero attached hydrogens (tertiary/aromatic N) is 5.